The van der Waals surface area contributed by atoms with Gasteiger partial charge in [-0.2, -0.15) is 0 Å². The molecule has 5 heteroatoms. The smallest absolute Gasteiger partial charge is 0.187 e. The van der Waals surface area contributed by atoms with E-state index in [1.807, 2.05) is 0 Å². The standard InChI is InChI=1S/C10H9Cl2FO2/c11-4-7-5-14-10(15-7)8-2-1-6(12)3-9(8)13/h1-3,7,10H,4-5H2. The van der Waals surface area contributed by atoms with Gasteiger partial charge >= 0.3 is 0 Å². The Kier molecular flexibility index (Phi) is 3.46. The molecule has 0 saturated carbocycles. The average Bonchev–Trinajstić information content (AvgIpc) is 2.66. The zero-order valence-electron chi connectivity index (χ0n) is 7.75. The van der Waals surface area contributed by atoms with Gasteiger partial charge in [0.1, 0.15) is 5.82 Å². The molecule has 0 bridgehead atoms. The van der Waals surface area contributed by atoms with Gasteiger partial charge in [0.05, 0.1) is 18.6 Å². The highest BCUT2D eigenvalue weighted by atomic mass is 35.5. The molecule has 0 amide bonds. The van der Waals surface area contributed by atoms with Crippen molar-refractivity contribution < 1.29 is 13.9 Å². The number of halogens is 3. The van der Waals surface area contributed by atoms with Crippen molar-refractivity contribution in [2.45, 2.75) is 12.4 Å². The second-order valence-corrected chi connectivity index (χ2v) is 3.99. The van der Waals surface area contributed by atoms with E-state index in [-0.39, 0.29) is 6.10 Å². The zero-order chi connectivity index (χ0) is 10.8. The molecule has 1 aromatic rings. The lowest BCUT2D eigenvalue weighted by Crippen LogP contribution is -2.11. The Morgan fingerprint density at radius 2 is 2.27 bits per heavy atom. The third-order valence-electron chi connectivity index (χ3n) is 2.14. The summed E-state index contributed by atoms with van der Waals surface area (Å²) in [7, 11) is 0. The van der Waals surface area contributed by atoms with Gasteiger partial charge in [0.15, 0.2) is 6.29 Å². The third-order valence-corrected chi connectivity index (χ3v) is 2.72. The minimum atomic E-state index is -0.675. The van der Waals surface area contributed by atoms with Crippen LogP contribution in [-0.2, 0) is 9.47 Å². The van der Waals surface area contributed by atoms with E-state index in [9.17, 15) is 4.39 Å². The molecule has 1 aromatic carbocycles. The van der Waals surface area contributed by atoms with Crippen molar-refractivity contribution in [3.8, 4) is 0 Å². The SMILES string of the molecule is Fc1cc(Cl)ccc1C1OCC(CCl)O1. The predicted octanol–water partition coefficient (Wildman–Crippen LogP) is 3.13. The number of rotatable bonds is 2. The summed E-state index contributed by atoms with van der Waals surface area (Å²) in [5, 5.41) is 0.350. The Hall–Kier alpha value is -0.350. The quantitative estimate of drug-likeness (QED) is 0.752. The Morgan fingerprint density at radius 1 is 1.47 bits per heavy atom. The summed E-state index contributed by atoms with van der Waals surface area (Å²) in [6, 6.07) is 4.39. The highest BCUT2D eigenvalue weighted by Crippen LogP contribution is 2.30. The summed E-state index contributed by atoms with van der Waals surface area (Å²) in [5.41, 5.74) is 0.354. The second-order valence-electron chi connectivity index (χ2n) is 3.24. The molecule has 1 fully saturated rings. The summed E-state index contributed by atoms with van der Waals surface area (Å²) in [4.78, 5) is 0. The van der Waals surface area contributed by atoms with Crippen LogP contribution in [-0.4, -0.2) is 18.6 Å². The maximum Gasteiger partial charge on any atom is 0.187 e. The number of alkyl halides is 1. The fraction of sp³-hybridized carbons (Fsp3) is 0.400. The number of hydrogen-bond acceptors (Lipinski definition) is 2. The van der Waals surface area contributed by atoms with Crippen LogP contribution in [0.5, 0.6) is 0 Å². The van der Waals surface area contributed by atoms with Gasteiger partial charge < -0.3 is 9.47 Å². The molecular weight excluding hydrogens is 242 g/mol. The molecule has 1 heterocycles. The largest absolute Gasteiger partial charge is 0.346 e. The summed E-state index contributed by atoms with van der Waals surface area (Å²) in [5.74, 6) is -0.0890. The van der Waals surface area contributed by atoms with Crippen molar-refractivity contribution in [3.63, 3.8) is 0 Å². The molecule has 0 N–H and O–H groups in total. The first-order chi connectivity index (χ1) is 7.20. The lowest BCUT2D eigenvalue weighted by molar-refractivity contribution is -0.0589. The highest BCUT2D eigenvalue weighted by molar-refractivity contribution is 6.30. The summed E-state index contributed by atoms with van der Waals surface area (Å²) >= 11 is 11.2. The molecule has 0 radical (unpaired) electrons. The van der Waals surface area contributed by atoms with Gasteiger partial charge in [-0.1, -0.05) is 11.6 Å². The number of benzene rings is 1. The molecular formula is C10H9Cl2FO2. The van der Waals surface area contributed by atoms with E-state index < -0.39 is 12.1 Å². The molecule has 0 aliphatic carbocycles. The molecule has 82 valence electrons. The maximum absolute atomic E-state index is 13.5. The Bertz CT molecular complexity index is 359. The lowest BCUT2D eigenvalue weighted by Gasteiger charge is -2.11. The summed E-state index contributed by atoms with van der Waals surface area (Å²) in [6.45, 7) is 0.385. The van der Waals surface area contributed by atoms with Crippen molar-refractivity contribution in [1.82, 2.24) is 0 Å². The van der Waals surface area contributed by atoms with Gasteiger partial charge in [-0.05, 0) is 18.2 Å². The van der Waals surface area contributed by atoms with Crippen LogP contribution >= 0.6 is 23.2 Å². The first-order valence-corrected chi connectivity index (χ1v) is 5.40. The van der Waals surface area contributed by atoms with Crippen LogP contribution in [0.4, 0.5) is 4.39 Å². The average molecular weight is 251 g/mol. The van der Waals surface area contributed by atoms with Crippen LogP contribution in [0.3, 0.4) is 0 Å². The fourth-order valence-corrected chi connectivity index (χ4v) is 1.71. The molecule has 1 saturated heterocycles. The number of ether oxygens (including phenoxy) is 2. The van der Waals surface area contributed by atoms with E-state index in [0.717, 1.165) is 0 Å². The Labute approximate surface area is 96.9 Å². The van der Waals surface area contributed by atoms with Gasteiger partial charge in [0.25, 0.3) is 0 Å². The van der Waals surface area contributed by atoms with Gasteiger partial charge in [-0.25, -0.2) is 4.39 Å². The van der Waals surface area contributed by atoms with Crippen molar-refractivity contribution >= 4 is 23.2 Å². The molecule has 2 atom stereocenters. The van der Waals surface area contributed by atoms with E-state index in [4.69, 9.17) is 32.7 Å². The molecule has 2 unspecified atom stereocenters. The molecule has 1 aliphatic rings. The van der Waals surface area contributed by atoms with Crippen molar-refractivity contribution in [2.75, 3.05) is 12.5 Å². The van der Waals surface area contributed by atoms with Crippen LogP contribution in [0, 0.1) is 5.82 Å². The topological polar surface area (TPSA) is 18.5 Å². The summed E-state index contributed by atoms with van der Waals surface area (Å²) < 4.78 is 24.1. The minimum Gasteiger partial charge on any atom is -0.346 e. The first-order valence-electron chi connectivity index (χ1n) is 4.48. The van der Waals surface area contributed by atoms with Gasteiger partial charge in [0, 0.05) is 10.6 Å². The molecule has 0 aromatic heterocycles. The molecule has 0 spiro atoms. The summed E-state index contributed by atoms with van der Waals surface area (Å²) in [6.07, 6.45) is -0.849. The first kappa shape index (κ1) is 11.1. The van der Waals surface area contributed by atoms with E-state index in [1.54, 1.807) is 12.1 Å². The van der Waals surface area contributed by atoms with Gasteiger partial charge in [0.2, 0.25) is 0 Å². The minimum absolute atomic E-state index is 0.174. The van der Waals surface area contributed by atoms with Crippen molar-refractivity contribution in [1.29, 1.82) is 0 Å². The normalized spacial score (nSPS) is 25.8. The van der Waals surface area contributed by atoms with E-state index in [1.165, 1.54) is 6.07 Å². The van der Waals surface area contributed by atoms with Crippen LogP contribution < -0.4 is 0 Å². The fourth-order valence-electron chi connectivity index (χ4n) is 1.38. The van der Waals surface area contributed by atoms with Crippen LogP contribution in [0.25, 0.3) is 0 Å². The monoisotopic (exact) mass is 250 g/mol. The van der Waals surface area contributed by atoms with E-state index in [2.05, 4.69) is 0 Å². The van der Waals surface area contributed by atoms with Crippen LogP contribution in [0.1, 0.15) is 11.9 Å². The van der Waals surface area contributed by atoms with Gasteiger partial charge in [-0.3, -0.25) is 0 Å². The number of hydrogen-bond donors (Lipinski definition) is 0. The maximum atomic E-state index is 13.5. The zero-order valence-corrected chi connectivity index (χ0v) is 9.26. The Morgan fingerprint density at radius 3 is 2.87 bits per heavy atom. The molecule has 15 heavy (non-hydrogen) atoms. The van der Waals surface area contributed by atoms with Crippen molar-refractivity contribution in [2.24, 2.45) is 0 Å². The van der Waals surface area contributed by atoms with E-state index in [0.29, 0.717) is 23.1 Å². The third kappa shape index (κ3) is 2.42. The van der Waals surface area contributed by atoms with E-state index >= 15 is 0 Å². The highest BCUT2D eigenvalue weighted by Gasteiger charge is 2.28. The van der Waals surface area contributed by atoms with Crippen molar-refractivity contribution in [3.05, 3.63) is 34.6 Å². The molecule has 1 aliphatic heterocycles. The second kappa shape index (κ2) is 4.66. The van der Waals surface area contributed by atoms with Crippen LogP contribution in [0.15, 0.2) is 18.2 Å². The lowest BCUT2D eigenvalue weighted by atomic mass is 10.2. The Balaban J connectivity index is 2.17. The molecule has 2 nitrogen and oxygen atoms in total. The van der Waals surface area contributed by atoms with Gasteiger partial charge in [-0.15, -0.1) is 11.6 Å². The van der Waals surface area contributed by atoms with Crippen LogP contribution in [0.2, 0.25) is 5.02 Å². The predicted molar refractivity (Wildman–Crippen MR) is 55.7 cm³/mol. The molecule has 2 rings (SSSR count).